The molecule has 0 amide bonds. The molecule has 1 unspecified atom stereocenters. The molecule has 0 spiro atoms. The maximum Gasteiger partial charge on any atom is 0.376 e. The van der Waals surface area contributed by atoms with Crippen LogP contribution < -0.4 is 4.90 Å². The summed E-state index contributed by atoms with van der Waals surface area (Å²) in [6.45, 7) is 2.56. The number of methoxy groups -OCH3 is 1. The highest BCUT2D eigenvalue weighted by Crippen LogP contribution is 2.19. The largest absolute Gasteiger partial charge is 0.480 e. The summed E-state index contributed by atoms with van der Waals surface area (Å²) in [5, 5.41) is 9.21. The van der Waals surface area contributed by atoms with E-state index in [1.165, 1.54) is 7.11 Å². The van der Waals surface area contributed by atoms with Gasteiger partial charge in [-0.25, -0.2) is 19.6 Å². The first-order valence-electron chi connectivity index (χ1n) is 6.04. The monoisotopic (exact) mass is 281 g/mol. The van der Waals surface area contributed by atoms with Crippen molar-refractivity contribution in [1.82, 2.24) is 9.97 Å². The zero-order valence-corrected chi connectivity index (χ0v) is 11.2. The maximum atomic E-state index is 11.5. The second kappa shape index (κ2) is 5.83. The standard InChI is InChI=1S/C12H15N3O5/c1-7-5-9(14-10(13-7)12(18)19-2)15-3-4-20-6-8(15)11(16)17/h5,8H,3-4,6H2,1-2H3,(H,16,17). The summed E-state index contributed by atoms with van der Waals surface area (Å²) in [5.74, 6) is -1.36. The smallest absolute Gasteiger partial charge is 0.376 e. The minimum atomic E-state index is -0.999. The molecule has 108 valence electrons. The number of nitrogens with zero attached hydrogens (tertiary/aromatic N) is 3. The molecule has 1 saturated heterocycles. The van der Waals surface area contributed by atoms with Gasteiger partial charge in [-0.2, -0.15) is 0 Å². The topological polar surface area (TPSA) is 102 Å². The Morgan fingerprint density at radius 1 is 1.50 bits per heavy atom. The number of hydrogen-bond acceptors (Lipinski definition) is 7. The molecular weight excluding hydrogens is 266 g/mol. The van der Waals surface area contributed by atoms with Crippen LogP contribution in [0.15, 0.2) is 6.07 Å². The molecule has 0 radical (unpaired) electrons. The average Bonchev–Trinajstić information content (AvgIpc) is 2.45. The minimum absolute atomic E-state index is 0.0753. The van der Waals surface area contributed by atoms with Gasteiger partial charge in [0.1, 0.15) is 5.82 Å². The molecule has 0 aromatic carbocycles. The molecule has 8 heteroatoms. The molecule has 20 heavy (non-hydrogen) atoms. The number of aryl methyl sites for hydroxylation is 1. The molecule has 1 aliphatic heterocycles. The van der Waals surface area contributed by atoms with Crippen LogP contribution in [0.3, 0.4) is 0 Å². The molecule has 0 aliphatic carbocycles. The highest BCUT2D eigenvalue weighted by atomic mass is 16.5. The van der Waals surface area contributed by atoms with E-state index in [0.29, 0.717) is 24.7 Å². The number of carbonyl (C=O) groups excluding carboxylic acids is 1. The Balaban J connectivity index is 2.37. The first kappa shape index (κ1) is 14.2. The highest BCUT2D eigenvalue weighted by molar-refractivity contribution is 5.85. The van der Waals surface area contributed by atoms with Gasteiger partial charge in [0, 0.05) is 18.3 Å². The first-order valence-corrected chi connectivity index (χ1v) is 6.04. The third kappa shape index (κ3) is 2.85. The summed E-state index contributed by atoms with van der Waals surface area (Å²) in [7, 11) is 1.24. The van der Waals surface area contributed by atoms with Crippen LogP contribution in [-0.2, 0) is 14.3 Å². The molecule has 1 aromatic heterocycles. The molecule has 0 saturated carbocycles. The fourth-order valence-corrected chi connectivity index (χ4v) is 1.96. The van der Waals surface area contributed by atoms with Gasteiger partial charge < -0.3 is 19.5 Å². The summed E-state index contributed by atoms with van der Waals surface area (Å²) in [4.78, 5) is 32.4. The van der Waals surface area contributed by atoms with Crippen LogP contribution in [-0.4, -0.2) is 59.9 Å². The number of carboxylic acids is 1. The number of esters is 1. The van der Waals surface area contributed by atoms with Crippen LogP contribution in [0.4, 0.5) is 5.82 Å². The Hall–Kier alpha value is -2.22. The Labute approximate surface area is 115 Å². The van der Waals surface area contributed by atoms with Crippen LogP contribution >= 0.6 is 0 Å². The summed E-state index contributed by atoms with van der Waals surface area (Å²) in [6.07, 6.45) is 0. The number of carboxylic acid groups (broad SMARTS) is 1. The highest BCUT2D eigenvalue weighted by Gasteiger charge is 2.31. The van der Waals surface area contributed by atoms with Gasteiger partial charge in [-0.3, -0.25) is 0 Å². The number of rotatable bonds is 3. The number of hydrogen-bond donors (Lipinski definition) is 1. The number of morpholine rings is 1. The molecule has 1 fully saturated rings. The fourth-order valence-electron chi connectivity index (χ4n) is 1.96. The van der Waals surface area contributed by atoms with Gasteiger partial charge in [0.15, 0.2) is 6.04 Å². The Kier molecular flexibility index (Phi) is 4.14. The Morgan fingerprint density at radius 3 is 2.90 bits per heavy atom. The van der Waals surface area contributed by atoms with Crippen LogP contribution in [0.1, 0.15) is 16.3 Å². The van der Waals surface area contributed by atoms with Crippen molar-refractivity contribution in [3.63, 3.8) is 0 Å². The predicted octanol–water partition coefficient (Wildman–Crippen LogP) is -0.139. The van der Waals surface area contributed by atoms with Crippen molar-refractivity contribution in [3.8, 4) is 0 Å². The zero-order chi connectivity index (χ0) is 14.7. The van der Waals surface area contributed by atoms with Gasteiger partial charge in [0.25, 0.3) is 0 Å². The SMILES string of the molecule is COC(=O)c1nc(C)cc(N2CCOCC2C(=O)O)n1. The van der Waals surface area contributed by atoms with E-state index >= 15 is 0 Å². The number of carbonyl (C=O) groups is 2. The second-order valence-corrected chi connectivity index (χ2v) is 4.31. The molecule has 1 aliphatic rings. The number of aliphatic carboxylic acids is 1. The van der Waals surface area contributed by atoms with Crippen LogP contribution in [0.5, 0.6) is 0 Å². The lowest BCUT2D eigenvalue weighted by Gasteiger charge is -2.33. The quantitative estimate of drug-likeness (QED) is 0.764. The first-order chi connectivity index (χ1) is 9.52. The zero-order valence-electron chi connectivity index (χ0n) is 11.2. The third-order valence-electron chi connectivity index (χ3n) is 2.92. The van der Waals surface area contributed by atoms with Crippen LogP contribution in [0.25, 0.3) is 0 Å². The van der Waals surface area contributed by atoms with Crippen molar-refractivity contribution in [2.45, 2.75) is 13.0 Å². The average molecular weight is 281 g/mol. The van der Waals surface area contributed by atoms with Crippen molar-refractivity contribution in [2.24, 2.45) is 0 Å². The molecule has 8 nitrogen and oxygen atoms in total. The van der Waals surface area contributed by atoms with E-state index in [1.54, 1.807) is 17.9 Å². The van der Waals surface area contributed by atoms with Crippen molar-refractivity contribution >= 4 is 17.8 Å². The van der Waals surface area contributed by atoms with E-state index in [-0.39, 0.29) is 12.4 Å². The third-order valence-corrected chi connectivity index (χ3v) is 2.92. The molecular formula is C12H15N3O5. The molecule has 1 N–H and O–H groups in total. The minimum Gasteiger partial charge on any atom is -0.480 e. The number of ether oxygens (including phenoxy) is 2. The van der Waals surface area contributed by atoms with Gasteiger partial charge in [0.2, 0.25) is 5.82 Å². The van der Waals surface area contributed by atoms with Gasteiger partial charge >= 0.3 is 11.9 Å². The van der Waals surface area contributed by atoms with E-state index in [1.807, 2.05) is 0 Å². The summed E-state index contributed by atoms with van der Waals surface area (Å²) < 4.78 is 9.75. The summed E-state index contributed by atoms with van der Waals surface area (Å²) in [6, 6.07) is 0.803. The maximum absolute atomic E-state index is 11.5. The Bertz CT molecular complexity index is 534. The van der Waals surface area contributed by atoms with Crippen molar-refractivity contribution in [1.29, 1.82) is 0 Å². The van der Waals surface area contributed by atoms with Crippen molar-refractivity contribution in [3.05, 3.63) is 17.6 Å². The lowest BCUT2D eigenvalue weighted by atomic mass is 10.2. The van der Waals surface area contributed by atoms with Crippen LogP contribution in [0, 0.1) is 6.92 Å². The van der Waals surface area contributed by atoms with Gasteiger partial charge in [-0.05, 0) is 6.92 Å². The fraction of sp³-hybridized carbons (Fsp3) is 0.500. The lowest BCUT2D eigenvalue weighted by molar-refractivity contribution is -0.141. The summed E-state index contributed by atoms with van der Waals surface area (Å²) >= 11 is 0. The number of anilines is 1. The molecule has 0 bridgehead atoms. The number of aromatic nitrogens is 2. The molecule has 2 heterocycles. The second-order valence-electron chi connectivity index (χ2n) is 4.31. The van der Waals surface area contributed by atoms with E-state index in [2.05, 4.69) is 14.7 Å². The molecule has 1 atom stereocenters. The van der Waals surface area contributed by atoms with Crippen molar-refractivity contribution < 1.29 is 24.2 Å². The lowest BCUT2D eigenvalue weighted by Crippen LogP contribution is -2.50. The van der Waals surface area contributed by atoms with Gasteiger partial charge in [-0.15, -0.1) is 0 Å². The van der Waals surface area contributed by atoms with Gasteiger partial charge in [0.05, 0.1) is 20.3 Å². The summed E-state index contributed by atoms with van der Waals surface area (Å²) in [5.41, 5.74) is 0.561. The molecule has 2 rings (SSSR count). The normalized spacial score (nSPS) is 18.7. The van der Waals surface area contributed by atoms with Gasteiger partial charge in [-0.1, -0.05) is 0 Å². The predicted molar refractivity (Wildman–Crippen MR) is 67.7 cm³/mol. The van der Waals surface area contributed by atoms with Crippen LogP contribution in [0.2, 0.25) is 0 Å². The van der Waals surface area contributed by atoms with E-state index in [0.717, 1.165) is 0 Å². The van der Waals surface area contributed by atoms with E-state index < -0.39 is 18.0 Å². The van der Waals surface area contributed by atoms with E-state index in [4.69, 9.17) is 4.74 Å². The van der Waals surface area contributed by atoms with E-state index in [9.17, 15) is 14.7 Å². The molecule has 1 aromatic rings. The van der Waals surface area contributed by atoms with Crippen molar-refractivity contribution in [2.75, 3.05) is 31.8 Å². The Morgan fingerprint density at radius 2 is 2.25 bits per heavy atom.